The normalized spacial score (nSPS) is 10.8. The van der Waals surface area contributed by atoms with E-state index in [4.69, 9.17) is 4.74 Å². The number of benzene rings is 1. The van der Waals surface area contributed by atoms with Gasteiger partial charge >= 0.3 is 0 Å². The second kappa shape index (κ2) is 6.84. The Labute approximate surface area is 121 Å². The highest BCUT2D eigenvalue weighted by molar-refractivity contribution is 14.1. The molecule has 96 valence electrons. The molecule has 0 unspecified atom stereocenters. The third-order valence-electron chi connectivity index (χ3n) is 2.50. The smallest absolute Gasteiger partial charge is 0.181 e. The molecular weight excluding hydrogens is 341 g/mol. The number of hydrogen-bond donors (Lipinski definition) is 0. The molecule has 0 aliphatic carbocycles. The fraction of sp³-hybridized carbons (Fsp3) is 0.385. The van der Waals surface area contributed by atoms with Gasteiger partial charge in [0.1, 0.15) is 6.33 Å². The molecule has 0 bridgehead atoms. The largest absolute Gasteiger partial charge is 0.382 e. The average Bonchev–Trinajstić information content (AvgIpc) is 2.83. The van der Waals surface area contributed by atoms with E-state index in [0.717, 1.165) is 37.6 Å². The van der Waals surface area contributed by atoms with E-state index < -0.39 is 0 Å². The fourth-order valence-corrected chi connectivity index (χ4v) is 2.18. The van der Waals surface area contributed by atoms with Gasteiger partial charge in [0.15, 0.2) is 5.82 Å². The zero-order valence-corrected chi connectivity index (χ0v) is 12.5. The van der Waals surface area contributed by atoms with Gasteiger partial charge in [-0.15, -0.1) is 0 Å². The molecule has 1 aromatic heterocycles. The van der Waals surface area contributed by atoms with Crippen LogP contribution in [0, 0.1) is 3.57 Å². The summed E-state index contributed by atoms with van der Waals surface area (Å²) in [6, 6.07) is 8.19. The molecule has 18 heavy (non-hydrogen) atoms. The minimum Gasteiger partial charge on any atom is -0.382 e. The van der Waals surface area contributed by atoms with Crippen LogP contribution in [0.15, 0.2) is 30.6 Å². The van der Waals surface area contributed by atoms with Crippen LogP contribution in [0.1, 0.15) is 13.3 Å². The standard InChI is InChI=1S/C13H16IN3O/c1-2-18-8-4-7-17-10-15-13(16-17)11-5-3-6-12(14)9-11/h3,5-6,9-10H,2,4,7-8H2,1H3. The Hall–Kier alpha value is -0.950. The van der Waals surface area contributed by atoms with Crippen LogP contribution in [-0.2, 0) is 11.3 Å². The first-order valence-corrected chi connectivity index (χ1v) is 7.10. The molecule has 0 spiro atoms. The number of rotatable bonds is 6. The number of aryl methyl sites for hydroxylation is 1. The van der Waals surface area contributed by atoms with Crippen molar-refractivity contribution in [3.05, 3.63) is 34.2 Å². The van der Waals surface area contributed by atoms with Crippen molar-refractivity contribution < 1.29 is 4.74 Å². The van der Waals surface area contributed by atoms with Gasteiger partial charge in [0.05, 0.1) is 0 Å². The molecule has 0 aliphatic heterocycles. The second-order valence-corrected chi connectivity index (χ2v) is 5.14. The first-order chi connectivity index (χ1) is 8.79. The Morgan fingerprint density at radius 2 is 2.28 bits per heavy atom. The number of nitrogens with zero attached hydrogens (tertiary/aromatic N) is 3. The van der Waals surface area contributed by atoms with Crippen LogP contribution in [0.3, 0.4) is 0 Å². The fourth-order valence-electron chi connectivity index (χ4n) is 1.64. The Kier molecular flexibility index (Phi) is 5.12. The van der Waals surface area contributed by atoms with Crippen molar-refractivity contribution in [3.63, 3.8) is 0 Å². The van der Waals surface area contributed by atoms with E-state index >= 15 is 0 Å². The van der Waals surface area contributed by atoms with Gasteiger partial charge in [-0.25, -0.2) is 4.98 Å². The lowest BCUT2D eigenvalue weighted by atomic mass is 10.2. The minimum absolute atomic E-state index is 0.769. The van der Waals surface area contributed by atoms with E-state index in [-0.39, 0.29) is 0 Å². The number of halogens is 1. The zero-order chi connectivity index (χ0) is 12.8. The van der Waals surface area contributed by atoms with E-state index in [2.05, 4.69) is 44.8 Å². The average molecular weight is 357 g/mol. The van der Waals surface area contributed by atoms with E-state index in [9.17, 15) is 0 Å². The zero-order valence-electron chi connectivity index (χ0n) is 10.3. The number of aromatic nitrogens is 3. The molecule has 0 saturated heterocycles. The Morgan fingerprint density at radius 1 is 1.39 bits per heavy atom. The van der Waals surface area contributed by atoms with Crippen molar-refractivity contribution in [3.8, 4) is 11.4 Å². The van der Waals surface area contributed by atoms with Gasteiger partial charge in [-0.3, -0.25) is 4.68 Å². The Balaban J connectivity index is 1.97. The molecule has 0 N–H and O–H groups in total. The summed E-state index contributed by atoms with van der Waals surface area (Å²) in [7, 11) is 0. The van der Waals surface area contributed by atoms with Crippen LogP contribution in [-0.4, -0.2) is 28.0 Å². The van der Waals surface area contributed by atoms with Gasteiger partial charge < -0.3 is 4.74 Å². The summed E-state index contributed by atoms with van der Waals surface area (Å²) in [6.07, 6.45) is 2.74. The van der Waals surface area contributed by atoms with Crippen molar-refractivity contribution in [2.24, 2.45) is 0 Å². The van der Waals surface area contributed by atoms with Crippen molar-refractivity contribution >= 4 is 22.6 Å². The summed E-state index contributed by atoms with van der Waals surface area (Å²) in [5, 5.41) is 4.47. The molecule has 2 rings (SSSR count). The quantitative estimate of drug-likeness (QED) is 0.590. The predicted octanol–water partition coefficient (Wildman–Crippen LogP) is 2.98. The van der Waals surface area contributed by atoms with Crippen molar-refractivity contribution in [1.29, 1.82) is 0 Å². The molecule has 0 aliphatic rings. The molecule has 4 nitrogen and oxygen atoms in total. The summed E-state index contributed by atoms with van der Waals surface area (Å²) >= 11 is 2.29. The van der Waals surface area contributed by atoms with Crippen LogP contribution >= 0.6 is 22.6 Å². The lowest BCUT2D eigenvalue weighted by molar-refractivity contribution is 0.141. The van der Waals surface area contributed by atoms with Crippen molar-refractivity contribution in [2.75, 3.05) is 13.2 Å². The highest BCUT2D eigenvalue weighted by Gasteiger charge is 2.04. The molecule has 0 saturated carbocycles. The van der Waals surface area contributed by atoms with Crippen LogP contribution < -0.4 is 0 Å². The van der Waals surface area contributed by atoms with Crippen LogP contribution in [0.5, 0.6) is 0 Å². The molecule has 0 atom stereocenters. The topological polar surface area (TPSA) is 39.9 Å². The van der Waals surface area contributed by atoms with Gasteiger partial charge in [-0.2, -0.15) is 5.10 Å². The van der Waals surface area contributed by atoms with Gasteiger partial charge in [0.25, 0.3) is 0 Å². The van der Waals surface area contributed by atoms with Crippen LogP contribution in [0.4, 0.5) is 0 Å². The summed E-state index contributed by atoms with van der Waals surface area (Å²) in [5.41, 5.74) is 1.06. The molecule has 5 heteroatoms. The molecular formula is C13H16IN3O. The van der Waals surface area contributed by atoms with Gasteiger partial charge in [-0.05, 0) is 48.1 Å². The maximum atomic E-state index is 5.30. The Bertz CT molecular complexity index is 498. The maximum Gasteiger partial charge on any atom is 0.181 e. The predicted molar refractivity (Wildman–Crippen MR) is 79.3 cm³/mol. The molecule has 0 fully saturated rings. The van der Waals surface area contributed by atoms with E-state index in [1.807, 2.05) is 23.7 Å². The highest BCUT2D eigenvalue weighted by Crippen LogP contribution is 2.17. The monoisotopic (exact) mass is 357 g/mol. The highest BCUT2D eigenvalue weighted by atomic mass is 127. The first-order valence-electron chi connectivity index (χ1n) is 6.02. The number of ether oxygens (including phenoxy) is 1. The van der Waals surface area contributed by atoms with E-state index in [1.54, 1.807) is 6.33 Å². The van der Waals surface area contributed by atoms with Crippen LogP contribution in [0.2, 0.25) is 0 Å². The SMILES string of the molecule is CCOCCCn1cnc(-c2cccc(I)c2)n1. The Morgan fingerprint density at radius 3 is 3.06 bits per heavy atom. The van der Waals surface area contributed by atoms with Gasteiger partial charge in [0, 0.05) is 28.9 Å². The van der Waals surface area contributed by atoms with E-state index in [1.165, 1.54) is 3.57 Å². The number of hydrogen-bond acceptors (Lipinski definition) is 3. The summed E-state index contributed by atoms with van der Waals surface area (Å²) < 4.78 is 8.36. The van der Waals surface area contributed by atoms with Crippen molar-refractivity contribution in [2.45, 2.75) is 19.9 Å². The lowest BCUT2D eigenvalue weighted by Crippen LogP contribution is -2.03. The lowest BCUT2D eigenvalue weighted by Gasteiger charge is -2.01. The van der Waals surface area contributed by atoms with E-state index in [0.29, 0.717) is 0 Å². The maximum absolute atomic E-state index is 5.30. The molecule has 1 aromatic carbocycles. The van der Waals surface area contributed by atoms with Crippen LogP contribution in [0.25, 0.3) is 11.4 Å². The summed E-state index contributed by atoms with van der Waals surface area (Å²) in [6.45, 7) is 4.39. The second-order valence-electron chi connectivity index (χ2n) is 3.89. The van der Waals surface area contributed by atoms with Gasteiger partial charge in [-0.1, -0.05) is 12.1 Å². The molecule has 0 radical (unpaired) electrons. The van der Waals surface area contributed by atoms with Crippen molar-refractivity contribution in [1.82, 2.24) is 14.8 Å². The third kappa shape index (κ3) is 3.78. The summed E-state index contributed by atoms with van der Waals surface area (Å²) in [4.78, 5) is 4.33. The first kappa shape index (κ1) is 13.5. The molecule has 2 aromatic rings. The van der Waals surface area contributed by atoms with Gasteiger partial charge in [0.2, 0.25) is 0 Å². The summed E-state index contributed by atoms with van der Waals surface area (Å²) in [5.74, 6) is 0.782. The molecule has 1 heterocycles. The third-order valence-corrected chi connectivity index (χ3v) is 3.17. The molecule has 0 amide bonds. The minimum atomic E-state index is 0.769.